The number of hydrogen-bond donors (Lipinski definition) is 0. The van der Waals surface area contributed by atoms with E-state index in [9.17, 15) is 19.7 Å². The van der Waals surface area contributed by atoms with Crippen molar-refractivity contribution in [3.63, 3.8) is 0 Å². The maximum atomic E-state index is 13.9. The summed E-state index contributed by atoms with van der Waals surface area (Å²) in [6.45, 7) is 5.93. The van der Waals surface area contributed by atoms with Gasteiger partial charge in [0.15, 0.2) is 4.80 Å². The minimum atomic E-state index is -0.667. The fourth-order valence-corrected chi connectivity index (χ4v) is 7.49. The molecule has 2 heterocycles. The number of ether oxygens (including phenoxy) is 2. The minimum Gasteiger partial charge on any atom is -0.487 e. The van der Waals surface area contributed by atoms with Crippen LogP contribution in [0.15, 0.2) is 86.2 Å². The number of aryl methyl sites for hydroxylation is 1. The summed E-state index contributed by atoms with van der Waals surface area (Å²) in [7, 11) is 0. The van der Waals surface area contributed by atoms with E-state index in [1.165, 1.54) is 23.5 Å². The number of carbonyl (C=O) groups excluding carboxylic acids is 1. The second-order valence-corrected chi connectivity index (χ2v) is 12.8. The minimum absolute atomic E-state index is 0.0200. The Balaban J connectivity index is 1.51. The fraction of sp³-hybridized carbons (Fsp3) is 0.194. The number of aromatic nitrogens is 1. The predicted octanol–water partition coefficient (Wildman–Crippen LogP) is 5.96. The number of nitro benzene ring substituents is 1. The van der Waals surface area contributed by atoms with Crippen LogP contribution in [0.4, 0.5) is 5.69 Å². The maximum absolute atomic E-state index is 13.9. The standard InChI is InChI=1S/C31H25BrIN3O6S/c1-4-41-30(38)26-18(3)34-31-35(27(26)21-9-5-17(2)6-10-21)29(37)25(43-31)15-20-13-23(32)28(24(33)14-20)42-16-19-7-11-22(12-8-19)36(39)40/h5-15,27H,4,16H2,1-3H3/b25-15+/t27-/m1/s1. The fourth-order valence-electron chi connectivity index (χ4n) is 4.68. The van der Waals surface area contributed by atoms with Gasteiger partial charge in [0, 0.05) is 12.1 Å². The van der Waals surface area contributed by atoms with Gasteiger partial charge >= 0.3 is 5.97 Å². The Hall–Kier alpha value is -3.62. The Labute approximate surface area is 272 Å². The van der Waals surface area contributed by atoms with Crippen molar-refractivity contribution in [1.82, 2.24) is 4.57 Å². The maximum Gasteiger partial charge on any atom is 0.338 e. The summed E-state index contributed by atoms with van der Waals surface area (Å²) in [4.78, 5) is 42.6. The highest BCUT2D eigenvalue weighted by atomic mass is 127. The Morgan fingerprint density at radius 1 is 1.16 bits per heavy atom. The molecule has 1 aromatic heterocycles. The van der Waals surface area contributed by atoms with Gasteiger partial charge in [0.25, 0.3) is 11.2 Å². The van der Waals surface area contributed by atoms with Crippen molar-refractivity contribution in [1.29, 1.82) is 0 Å². The number of rotatable bonds is 8. The first kappa shape index (κ1) is 30.8. The van der Waals surface area contributed by atoms with Crippen LogP contribution in [0, 0.1) is 20.6 Å². The molecule has 43 heavy (non-hydrogen) atoms. The molecule has 1 aliphatic rings. The summed E-state index contributed by atoms with van der Waals surface area (Å²) in [5.74, 6) is 0.123. The number of hydrogen-bond acceptors (Lipinski definition) is 8. The number of halogens is 2. The highest BCUT2D eigenvalue weighted by Crippen LogP contribution is 2.34. The Kier molecular flexibility index (Phi) is 9.28. The zero-order chi connectivity index (χ0) is 30.8. The lowest BCUT2D eigenvalue weighted by atomic mass is 9.95. The molecule has 0 radical (unpaired) electrons. The van der Waals surface area contributed by atoms with Crippen molar-refractivity contribution >= 4 is 67.6 Å². The van der Waals surface area contributed by atoms with Gasteiger partial charge in [0.05, 0.1) is 41.4 Å². The molecule has 5 rings (SSSR count). The van der Waals surface area contributed by atoms with Gasteiger partial charge < -0.3 is 9.47 Å². The largest absolute Gasteiger partial charge is 0.487 e. The highest BCUT2D eigenvalue weighted by Gasteiger charge is 2.33. The van der Waals surface area contributed by atoms with Gasteiger partial charge in [-0.15, -0.1) is 0 Å². The van der Waals surface area contributed by atoms with Crippen molar-refractivity contribution in [2.75, 3.05) is 6.61 Å². The number of fused-ring (bicyclic) bond motifs is 1. The second kappa shape index (κ2) is 12.9. The van der Waals surface area contributed by atoms with E-state index in [1.807, 2.05) is 43.3 Å². The number of nitro groups is 1. The molecule has 0 aliphatic carbocycles. The quantitative estimate of drug-likeness (QED) is 0.0946. The van der Waals surface area contributed by atoms with Gasteiger partial charge in [-0.1, -0.05) is 41.2 Å². The van der Waals surface area contributed by atoms with Crippen molar-refractivity contribution < 1.29 is 19.2 Å². The number of benzene rings is 3. The Bertz CT molecular complexity index is 1930. The molecular weight excluding hydrogens is 749 g/mol. The van der Waals surface area contributed by atoms with Gasteiger partial charge in [0.2, 0.25) is 0 Å². The lowest BCUT2D eigenvalue weighted by Gasteiger charge is -2.24. The van der Waals surface area contributed by atoms with Crippen molar-refractivity contribution in [3.8, 4) is 5.75 Å². The first-order valence-electron chi connectivity index (χ1n) is 13.2. The summed E-state index contributed by atoms with van der Waals surface area (Å²) in [5, 5.41) is 10.9. The molecule has 1 aliphatic heterocycles. The van der Waals surface area contributed by atoms with Crippen LogP contribution in [0.2, 0.25) is 0 Å². The van der Waals surface area contributed by atoms with Gasteiger partial charge in [-0.25, -0.2) is 9.79 Å². The Morgan fingerprint density at radius 3 is 2.49 bits per heavy atom. The molecule has 4 aromatic rings. The molecule has 0 saturated heterocycles. The molecule has 0 spiro atoms. The smallest absolute Gasteiger partial charge is 0.338 e. The first-order chi connectivity index (χ1) is 20.6. The van der Waals surface area contributed by atoms with Crippen LogP contribution < -0.4 is 19.6 Å². The first-order valence-corrected chi connectivity index (χ1v) is 15.9. The molecule has 0 fully saturated rings. The van der Waals surface area contributed by atoms with Crippen LogP contribution in [-0.2, 0) is 16.1 Å². The van der Waals surface area contributed by atoms with E-state index in [1.54, 1.807) is 36.6 Å². The van der Waals surface area contributed by atoms with E-state index in [0.29, 0.717) is 30.8 Å². The molecule has 3 aromatic carbocycles. The van der Waals surface area contributed by atoms with Crippen LogP contribution in [0.5, 0.6) is 5.75 Å². The molecule has 0 amide bonds. The molecule has 0 N–H and O–H groups in total. The average Bonchev–Trinajstić information content (AvgIpc) is 3.26. The van der Waals surface area contributed by atoms with Crippen molar-refractivity contribution in [2.24, 2.45) is 4.99 Å². The highest BCUT2D eigenvalue weighted by molar-refractivity contribution is 14.1. The molecule has 1 atom stereocenters. The third kappa shape index (κ3) is 6.50. The molecule has 9 nitrogen and oxygen atoms in total. The Morgan fingerprint density at radius 2 is 1.86 bits per heavy atom. The van der Waals surface area contributed by atoms with Gasteiger partial charge in [0.1, 0.15) is 12.4 Å². The number of carbonyl (C=O) groups is 1. The number of non-ortho nitro benzene ring substituents is 1. The number of thiazole rings is 1. The molecule has 0 unspecified atom stereocenters. The third-order valence-corrected chi connectivity index (χ3v) is 9.13. The summed E-state index contributed by atoms with van der Waals surface area (Å²) < 4.78 is 14.9. The molecule has 12 heteroatoms. The van der Waals surface area contributed by atoms with Crippen LogP contribution in [-0.4, -0.2) is 22.1 Å². The molecular formula is C31H25BrIN3O6S. The average molecular weight is 774 g/mol. The van der Waals surface area contributed by atoms with Crippen LogP contribution in [0.1, 0.15) is 42.1 Å². The van der Waals surface area contributed by atoms with Crippen molar-refractivity contribution in [2.45, 2.75) is 33.4 Å². The van der Waals surface area contributed by atoms with E-state index in [0.717, 1.165) is 25.8 Å². The summed E-state index contributed by atoms with van der Waals surface area (Å²) in [5.41, 5.74) is 4.05. The van der Waals surface area contributed by atoms with E-state index in [-0.39, 0.29) is 24.5 Å². The lowest BCUT2D eigenvalue weighted by Crippen LogP contribution is -2.39. The SMILES string of the molecule is CCOC(=O)C1=C(C)N=c2s/c(=C/c3cc(Br)c(OCc4ccc([N+](=O)[O-])cc4)c(I)c3)c(=O)n2[C@@H]1c1ccc(C)cc1. The van der Waals surface area contributed by atoms with E-state index >= 15 is 0 Å². The zero-order valence-electron chi connectivity index (χ0n) is 23.3. The molecule has 220 valence electrons. The van der Waals surface area contributed by atoms with E-state index < -0.39 is 16.9 Å². The van der Waals surface area contributed by atoms with Crippen LogP contribution in [0.25, 0.3) is 6.08 Å². The second-order valence-electron chi connectivity index (χ2n) is 9.74. The topological polar surface area (TPSA) is 113 Å². The summed E-state index contributed by atoms with van der Waals surface area (Å²) >= 11 is 7.02. The molecule has 0 bridgehead atoms. The monoisotopic (exact) mass is 773 g/mol. The third-order valence-electron chi connectivity index (χ3n) is 6.76. The number of nitrogens with zero attached hydrogens (tertiary/aromatic N) is 3. The van der Waals surface area contributed by atoms with Crippen LogP contribution >= 0.6 is 49.9 Å². The zero-order valence-corrected chi connectivity index (χ0v) is 27.9. The number of esters is 1. The van der Waals surface area contributed by atoms with Crippen molar-refractivity contribution in [3.05, 3.63) is 132 Å². The van der Waals surface area contributed by atoms with Crippen LogP contribution in [0.3, 0.4) is 0 Å². The van der Waals surface area contributed by atoms with E-state index in [4.69, 9.17) is 9.47 Å². The number of allylic oxidation sites excluding steroid dienone is 1. The van der Waals surface area contributed by atoms with E-state index in [2.05, 4.69) is 43.5 Å². The summed E-state index contributed by atoms with van der Waals surface area (Å²) in [6, 6.07) is 17.0. The molecule has 0 saturated carbocycles. The van der Waals surface area contributed by atoms with Gasteiger partial charge in [-0.3, -0.25) is 19.5 Å². The van der Waals surface area contributed by atoms with Gasteiger partial charge in [-0.05, 0) is 106 Å². The normalized spacial score (nSPS) is 14.7. The predicted molar refractivity (Wildman–Crippen MR) is 176 cm³/mol. The lowest BCUT2D eigenvalue weighted by molar-refractivity contribution is -0.384. The summed E-state index contributed by atoms with van der Waals surface area (Å²) in [6.07, 6.45) is 1.80. The van der Waals surface area contributed by atoms with Gasteiger partial charge in [-0.2, -0.15) is 0 Å².